The van der Waals surface area contributed by atoms with Crippen molar-refractivity contribution in [1.82, 2.24) is 0 Å². The summed E-state index contributed by atoms with van der Waals surface area (Å²) >= 11 is 1.45. The Hall–Kier alpha value is -1.89. The third kappa shape index (κ3) is 3.69. The van der Waals surface area contributed by atoms with E-state index in [4.69, 9.17) is 4.74 Å². The van der Waals surface area contributed by atoms with E-state index in [0.717, 1.165) is 55.4 Å². The smallest absolute Gasteiger partial charge is 0.341 e. The van der Waals surface area contributed by atoms with Gasteiger partial charge in [-0.05, 0) is 68.3 Å². The minimum Gasteiger partial charge on any atom is -0.550 e. The van der Waals surface area contributed by atoms with Gasteiger partial charge in [-0.3, -0.25) is 4.79 Å². The Morgan fingerprint density at radius 3 is 2.59 bits per heavy atom. The molecule has 2 saturated carbocycles. The molecular weight excluding hydrogens is 390 g/mol. The molecule has 0 saturated heterocycles. The predicted octanol–water partition coefficient (Wildman–Crippen LogP) is 2.79. The summed E-state index contributed by atoms with van der Waals surface area (Å²) in [5.74, 6) is -2.44. The standard InChI is InChI=1S/C22H29NO5S/c1-3-8-28-22(27)18-14-7-4-11(2)9-15(14)29-20(18)23-19(24)16-12-5-6-13(10-12)17(16)21(25)26/h11-13,16-17H,3-10H2,1-2H3,(H,23,24)(H,25,26)/p-1/t11-,12-,13-,16-,17+/m1/s1. The summed E-state index contributed by atoms with van der Waals surface area (Å²) in [7, 11) is 0. The van der Waals surface area contributed by atoms with Crippen molar-refractivity contribution in [3.8, 4) is 0 Å². The normalized spacial score (nSPS) is 30.1. The van der Waals surface area contributed by atoms with E-state index >= 15 is 0 Å². The molecule has 0 aliphatic heterocycles. The highest BCUT2D eigenvalue weighted by atomic mass is 32.1. The number of hydrogen-bond donors (Lipinski definition) is 1. The highest BCUT2D eigenvalue weighted by Gasteiger charge is 2.51. The van der Waals surface area contributed by atoms with Crippen LogP contribution in [0.1, 0.15) is 66.8 Å². The number of carbonyl (C=O) groups excluding carboxylic acids is 3. The van der Waals surface area contributed by atoms with Crippen LogP contribution in [0.15, 0.2) is 0 Å². The van der Waals surface area contributed by atoms with E-state index in [0.29, 0.717) is 23.1 Å². The predicted molar refractivity (Wildman–Crippen MR) is 108 cm³/mol. The number of thiophene rings is 1. The number of anilines is 1. The molecule has 1 heterocycles. The Kier molecular flexibility index (Phi) is 5.69. The molecule has 3 aliphatic carbocycles. The first-order valence-corrected chi connectivity index (χ1v) is 11.6. The molecule has 6 nitrogen and oxygen atoms in total. The number of nitrogens with one attached hydrogen (secondary N) is 1. The highest BCUT2D eigenvalue weighted by molar-refractivity contribution is 7.17. The van der Waals surface area contributed by atoms with E-state index < -0.39 is 23.8 Å². The van der Waals surface area contributed by atoms with Crippen LogP contribution in [0.3, 0.4) is 0 Å². The van der Waals surface area contributed by atoms with Gasteiger partial charge < -0.3 is 20.0 Å². The van der Waals surface area contributed by atoms with Crippen LogP contribution in [-0.2, 0) is 27.2 Å². The molecule has 1 aromatic heterocycles. The first-order valence-electron chi connectivity index (χ1n) is 10.7. The van der Waals surface area contributed by atoms with Gasteiger partial charge in [-0.15, -0.1) is 11.3 Å². The van der Waals surface area contributed by atoms with Gasteiger partial charge in [0.15, 0.2) is 0 Å². The van der Waals surface area contributed by atoms with Crippen LogP contribution in [0.4, 0.5) is 5.00 Å². The van der Waals surface area contributed by atoms with Gasteiger partial charge in [0.1, 0.15) is 5.00 Å². The average molecular weight is 419 g/mol. The summed E-state index contributed by atoms with van der Waals surface area (Å²) in [5, 5.41) is 15.1. The summed E-state index contributed by atoms with van der Waals surface area (Å²) in [4.78, 5) is 38.7. The van der Waals surface area contributed by atoms with Gasteiger partial charge in [0.25, 0.3) is 0 Å². The molecule has 158 valence electrons. The van der Waals surface area contributed by atoms with Crippen molar-refractivity contribution in [1.29, 1.82) is 0 Å². The summed E-state index contributed by atoms with van der Waals surface area (Å²) in [5.41, 5.74) is 1.47. The van der Waals surface area contributed by atoms with Crippen LogP contribution < -0.4 is 10.4 Å². The van der Waals surface area contributed by atoms with E-state index in [1.165, 1.54) is 11.3 Å². The molecule has 1 N–H and O–H groups in total. The molecule has 0 unspecified atom stereocenters. The molecule has 29 heavy (non-hydrogen) atoms. The first kappa shape index (κ1) is 20.4. The lowest BCUT2D eigenvalue weighted by molar-refractivity contribution is -0.314. The first-order chi connectivity index (χ1) is 13.9. The van der Waals surface area contributed by atoms with Crippen LogP contribution in [0, 0.1) is 29.6 Å². The Balaban J connectivity index is 1.61. The average Bonchev–Trinajstić information content (AvgIpc) is 3.37. The fraction of sp³-hybridized carbons (Fsp3) is 0.682. The molecule has 7 heteroatoms. The van der Waals surface area contributed by atoms with Crippen LogP contribution in [-0.4, -0.2) is 24.5 Å². The molecule has 0 aromatic carbocycles. The van der Waals surface area contributed by atoms with Crippen LogP contribution in [0.2, 0.25) is 0 Å². The van der Waals surface area contributed by atoms with Crippen molar-refractivity contribution in [2.24, 2.45) is 29.6 Å². The maximum Gasteiger partial charge on any atom is 0.341 e. The molecule has 1 amide bonds. The van der Waals surface area contributed by atoms with Gasteiger partial charge in [-0.25, -0.2) is 4.79 Å². The third-order valence-electron chi connectivity index (χ3n) is 6.88. The van der Waals surface area contributed by atoms with E-state index in [1.807, 2.05) is 6.92 Å². The van der Waals surface area contributed by atoms with Gasteiger partial charge >= 0.3 is 5.97 Å². The van der Waals surface area contributed by atoms with E-state index in [-0.39, 0.29) is 17.7 Å². The minimum absolute atomic E-state index is 0.0344. The second-order valence-electron chi connectivity index (χ2n) is 8.88. The Morgan fingerprint density at radius 1 is 1.17 bits per heavy atom. The zero-order valence-electron chi connectivity index (χ0n) is 17.0. The quantitative estimate of drug-likeness (QED) is 0.717. The Labute approximate surface area is 175 Å². The molecule has 3 aliphatic rings. The fourth-order valence-corrected chi connectivity index (χ4v) is 6.93. The molecule has 0 radical (unpaired) electrons. The third-order valence-corrected chi connectivity index (χ3v) is 8.05. The van der Waals surface area contributed by atoms with E-state index in [9.17, 15) is 19.5 Å². The van der Waals surface area contributed by atoms with Gasteiger partial charge in [0.05, 0.1) is 12.2 Å². The SMILES string of the molecule is CCCOC(=O)c1c(NC(=O)[C@@H]2[C@@H]3CC[C@H](C3)[C@@H]2C(=O)[O-])sc2c1CC[C@@H](C)C2. The Bertz CT molecular complexity index is 831. The second-order valence-corrected chi connectivity index (χ2v) is 9.99. The number of carboxylic acids is 1. The van der Waals surface area contributed by atoms with Crippen LogP contribution in [0.5, 0.6) is 0 Å². The minimum atomic E-state index is -1.13. The molecule has 2 fully saturated rings. The van der Waals surface area contributed by atoms with Crippen molar-refractivity contribution in [2.45, 2.75) is 58.8 Å². The van der Waals surface area contributed by atoms with E-state index in [2.05, 4.69) is 12.2 Å². The lowest BCUT2D eigenvalue weighted by atomic mass is 9.78. The van der Waals surface area contributed by atoms with E-state index in [1.54, 1.807) is 0 Å². The fourth-order valence-electron chi connectivity index (χ4n) is 5.52. The van der Waals surface area contributed by atoms with Gasteiger partial charge in [0.2, 0.25) is 5.91 Å². The number of amides is 1. The van der Waals surface area contributed by atoms with Crippen molar-refractivity contribution < 1.29 is 24.2 Å². The van der Waals surface area contributed by atoms with Crippen LogP contribution >= 0.6 is 11.3 Å². The number of esters is 1. The number of carboxylic acid groups (broad SMARTS) is 1. The number of ether oxygens (including phenoxy) is 1. The maximum atomic E-state index is 13.1. The van der Waals surface area contributed by atoms with Gasteiger partial charge in [-0.1, -0.05) is 13.8 Å². The zero-order chi connectivity index (χ0) is 20.7. The van der Waals surface area contributed by atoms with Crippen molar-refractivity contribution in [3.63, 3.8) is 0 Å². The largest absolute Gasteiger partial charge is 0.550 e. The van der Waals surface area contributed by atoms with Crippen LogP contribution in [0.25, 0.3) is 0 Å². The molecule has 5 atom stereocenters. The summed E-state index contributed by atoms with van der Waals surface area (Å²) in [6, 6.07) is 0. The van der Waals surface area contributed by atoms with Crippen molar-refractivity contribution in [3.05, 3.63) is 16.0 Å². The molecule has 2 bridgehead atoms. The summed E-state index contributed by atoms with van der Waals surface area (Å²) < 4.78 is 5.40. The zero-order valence-corrected chi connectivity index (χ0v) is 17.8. The van der Waals surface area contributed by atoms with Gasteiger partial charge in [0, 0.05) is 22.7 Å². The lowest BCUT2D eigenvalue weighted by Gasteiger charge is -2.30. The topological polar surface area (TPSA) is 95.5 Å². The summed E-state index contributed by atoms with van der Waals surface area (Å²) in [6.45, 7) is 4.47. The second kappa shape index (κ2) is 8.09. The number of carbonyl (C=O) groups is 3. The number of rotatable bonds is 6. The number of hydrogen-bond acceptors (Lipinski definition) is 6. The maximum absolute atomic E-state index is 13.1. The monoisotopic (exact) mass is 418 g/mol. The number of aliphatic carboxylic acids is 1. The number of fused-ring (bicyclic) bond motifs is 3. The highest BCUT2D eigenvalue weighted by Crippen LogP contribution is 2.52. The molecular formula is C22H28NO5S-. The molecule has 0 spiro atoms. The lowest BCUT2D eigenvalue weighted by Crippen LogP contribution is -2.44. The molecule has 4 rings (SSSR count). The Morgan fingerprint density at radius 2 is 1.90 bits per heavy atom. The molecule has 1 aromatic rings. The van der Waals surface area contributed by atoms with Crippen molar-refractivity contribution in [2.75, 3.05) is 11.9 Å². The van der Waals surface area contributed by atoms with Gasteiger partial charge in [-0.2, -0.15) is 0 Å². The van der Waals surface area contributed by atoms with Crippen molar-refractivity contribution >= 4 is 34.2 Å². The summed E-state index contributed by atoms with van der Waals surface area (Å²) in [6.07, 6.45) is 5.94.